The molecule has 15 heavy (non-hydrogen) atoms. The van der Waals surface area contributed by atoms with E-state index in [1.807, 2.05) is 0 Å². The van der Waals surface area contributed by atoms with Crippen LogP contribution in [-0.4, -0.2) is 6.54 Å². The molecular weight excluding hydrogens is 182 g/mol. The van der Waals surface area contributed by atoms with E-state index >= 15 is 0 Å². The Hall–Kier alpha value is -0.820. The lowest BCUT2D eigenvalue weighted by Gasteiger charge is -2.22. The van der Waals surface area contributed by atoms with Crippen LogP contribution in [0, 0.1) is 5.41 Å². The molecule has 1 aromatic rings. The number of benzene rings is 1. The molecular formula is C14H23N. The molecule has 0 amide bonds. The molecule has 0 aliphatic rings. The summed E-state index contributed by atoms with van der Waals surface area (Å²) < 4.78 is 0. The number of aryl methyl sites for hydroxylation is 2. The topological polar surface area (TPSA) is 26.0 Å². The first-order valence-corrected chi connectivity index (χ1v) is 5.85. The van der Waals surface area contributed by atoms with E-state index < -0.39 is 0 Å². The van der Waals surface area contributed by atoms with Gasteiger partial charge in [0.05, 0.1) is 0 Å². The first-order chi connectivity index (χ1) is 7.07. The minimum absolute atomic E-state index is 0.266. The van der Waals surface area contributed by atoms with E-state index in [-0.39, 0.29) is 5.41 Å². The van der Waals surface area contributed by atoms with Crippen LogP contribution >= 0.6 is 0 Å². The second-order valence-electron chi connectivity index (χ2n) is 5.04. The van der Waals surface area contributed by atoms with Gasteiger partial charge in [-0.05, 0) is 42.3 Å². The van der Waals surface area contributed by atoms with Crippen molar-refractivity contribution in [2.75, 3.05) is 6.54 Å². The maximum absolute atomic E-state index is 5.73. The zero-order chi connectivity index (χ0) is 11.3. The van der Waals surface area contributed by atoms with Crippen LogP contribution in [0.3, 0.4) is 0 Å². The van der Waals surface area contributed by atoms with Gasteiger partial charge in [-0.15, -0.1) is 0 Å². The summed E-state index contributed by atoms with van der Waals surface area (Å²) in [5, 5.41) is 0. The summed E-state index contributed by atoms with van der Waals surface area (Å²) in [6.07, 6.45) is 3.42. The Morgan fingerprint density at radius 2 is 1.87 bits per heavy atom. The van der Waals surface area contributed by atoms with Gasteiger partial charge in [-0.2, -0.15) is 0 Å². The van der Waals surface area contributed by atoms with Crippen LogP contribution in [0.1, 0.15) is 38.3 Å². The van der Waals surface area contributed by atoms with Gasteiger partial charge in [0, 0.05) is 0 Å². The fourth-order valence-electron chi connectivity index (χ4n) is 1.59. The molecule has 2 N–H and O–H groups in total. The Balaban J connectivity index is 2.57. The quantitative estimate of drug-likeness (QED) is 0.785. The van der Waals surface area contributed by atoms with E-state index in [0.717, 1.165) is 25.8 Å². The number of hydrogen-bond acceptors (Lipinski definition) is 1. The highest BCUT2D eigenvalue weighted by Crippen LogP contribution is 2.21. The minimum atomic E-state index is 0.266. The maximum Gasteiger partial charge on any atom is -0.00257 e. The van der Waals surface area contributed by atoms with E-state index in [0.29, 0.717) is 0 Å². The van der Waals surface area contributed by atoms with Crippen molar-refractivity contribution in [3.63, 3.8) is 0 Å². The number of rotatable bonds is 5. The van der Waals surface area contributed by atoms with Crippen molar-refractivity contribution in [2.45, 2.75) is 40.0 Å². The average molecular weight is 205 g/mol. The monoisotopic (exact) mass is 205 g/mol. The molecule has 1 aromatic carbocycles. The molecule has 0 aliphatic heterocycles. The Bertz CT molecular complexity index is 302. The van der Waals surface area contributed by atoms with Gasteiger partial charge in [0.15, 0.2) is 0 Å². The fourth-order valence-corrected chi connectivity index (χ4v) is 1.59. The predicted octanol–water partition coefficient (Wildman–Crippen LogP) is 3.17. The molecule has 1 rings (SSSR count). The summed E-state index contributed by atoms with van der Waals surface area (Å²) >= 11 is 0. The van der Waals surface area contributed by atoms with Crippen molar-refractivity contribution >= 4 is 0 Å². The molecule has 0 spiro atoms. The molecule has 0 bridgehead atoms. The van der Waals surface area contributed by atoms with E-state index in [2.05, 4.69) is 45.0 Å². The Labute approximate surface area is 93.7 Å². The van der Waals surface area contributed by atoms with E-state index in [4.69, 9.17) is 5.73 Å². The molecule has 1 heteroatoms. The van der Waals surface area contributed by atoms with Crippen molar-refractivity contribution in [2.24, 2.45) is 11.1 Å². The largest absolute Gasteiger partial charge is 0.330 e. The van der Waals surface area contributed by atoms with Crippen molar-refractivity contribution in [3.8, 4) is 0 Å². The molecule has 1 nitrogen and oxygen atoms in total. The molecule has 0 radical (unpaired) electrons. The second kappa shape index (κ2) is 5.32. The van der Waals surface area contributed by atoms with E-state index in [1.165, 1.54) is 11.1 Å². The summed E-state index contributed by atoms with van der Waals surface area (Å²) in [5.74, 6) is 0. The minimum Gasteiger partial charge on any atom is -0.330 e. The van der Waals surface area contributed by atoms with Crippen LogP contribution in [0.2, 0.25) is 0 Å². The lowest BCUT2D eigenvalue weighted by Crippen LogP contribution is -2.24. The van der Waals surface area contributed by atoms with Gasteiger partial charge >= 0.3 is 0 Å². The molecule has 0 heterocycles. The predicted molar refractivity (Wildman–Crippen MR) is 67.0 cm³/mol. The van der Waals surface area contributed by atoms with Gasteiger partial charge in [-0.25, -0.2) is 0 Å². The molecule has 0 atom stereocenters. The lowest BCUT2D eigenvalue weighted by atomic mass is 9.86. The van der Waals surface area contributed by atoms with Crippen molar-refractivity contribution in [3.05, 3.63) is 35.4 Å². The van der Waals surface area contributed by atoms with Gasteiger partial charge in [0.25, 0.3) is 0 Å². The Kier molecular flexibility index (Phi) is 4.34. The highest BCUT2D eigenvalue weighted by atomic mass is 14.6. The smallest absolute Gasteiger partial charge is 0.00257 e. The molecule has 84 valence electrons. The maximum atomic E-state index is 5.73. The van der Waals surface area contributed by atoms with Crippen LogP contribution in [-0.2, 0) is 12.8 Å². The molecule has 0 unspecified atom stereocenters. The summed E-state index contributed by atoms with van der Waals surface area (Å²) in [4.78, 5) is 0. The molecule has 0 saturated heterocycles. The van der Waals surface area contributed by atoms with Crippen molar-refractivity contribution < 1.29 is 0 Å². The van der Waals surface area contributed by atoms with Crippen LogP contribution in [0.5, 0.6) is 0 Å². The van der Waals surface area contributed by atoms with Gasteiger partial charge in [-0.3, -0.25) is 0 Å². The standard InChI is InChI=1S/C14H23N/c1-4-12-6-5-7-13(10-12)8-9-14(2,3)11-15/h5-7,10H,4,8-9,11,15H2,1-3H3. The van der Waals surface area contributed by atoms with Crippen molar-refractivity contribution in [1.82, 2.24) is 0 Å². The van der Waals surface area contributed by atoms with E-state index in [9.17, 15) is 0 Å². The zero-order valence-corrected chi connectivity index (χ0v) is 10.2. The average Bonchev–Trinajstić information content (AvgIpc) is 2.27. The Morgan fingerprint density at radius 1 is 1.20 bits per heavy atom. The van der Waals surface area contributed by atoms with E-state index in [1.54, 1.807) is 0 Å². The third-order valence-corrected chi connectivity index (χ3v) is 3.04. The summed E-state index contributed by atoms with van der Waals surface area (Å²) in [7, 11) is 0. The molecule has 0 fully saturated rings. The summed E-state index contributed by atoms with van der Waals surface area (Å²) in [6.45, 7) is 7.43. The molecule has 0 saturated carbocycles. The third kappa shape index (κ3) is 4.05. The van der Waals surface area contributed by atoms with Crippen LogP contribution < -0.4 is 5.73 Å². The Morgan fingerprint density at radius 3 is 2.47 bits per heavy atom. The fraction of sp³-hybridized carbons (Fsp3) is 0.571. The van der Waals surface area contributed by atoms with Gasteiger partial charge in [-0.1, -0.05) is 45.0 Å². The van der Waals surface area contributed by atoms with Gasteiger partial charge < -0.3 is 5.73 Å². The SMILES string of the molecule is CCc1cccc(CCC(C)(C)CN)c1. The van der Waals surface area contributed by atoms with Gasteiger partial charge in [0.1, 0.15) is 0 Å². The number of nitrogens with two attached hydrogens (primary N) is 1. The lowest BCUT2D eigenvalue weighted by molar-refractivity contribution is 0.348. The van der Waals surface area contributed by atoms with Crippen LogP contribution in [0.4, 0.5) is 0 Å². The zero-order valence-electron chi connectivity index (χ0n) is 10.2. The molecule has 0 aromatic heterocycles. The highest BCUT2D eigenvalue weighted by Gasteiger charge is 2.14. The first kappa shape index (κ1) is 12.3. The van der Waals surface area contributed by atoms with Crippen LogP contribution in [0.15, 0.2) is 24.3 Å². The third-order valence-electron chi connectivity index (χ3n) is 3.04. The van der Waals surface area contributed by atoms with Crippen LogP contribution in [0.25, 0.3) is 0 Å². The van der Waals surface area contributed by atoms with Crippen molar-refractivity contribution in [1.29, 1.82) is 0 Å². The summed E-state index contributed by atoms with van der Waals surface area (Å²) in [5.41, 5.74) is 8.86. The number of hydrogen-bond donors (Lipinski definition) is 1. The summed E-state index contributed by atoms with van der Waals surface area (Å²) in [6, 6.07) is 8.87. The second-order valence-corrected chi connectivity index (χ2v) is 5.04. The highest BCUT2D eigenvalue weighted by molar-refractivity contribution is 5.23. The first-order valence-electron chi connectivity index (χ1n) is 5.85. The van der Waals surface area contributed by atoms with Gasteiger partial charge in [0.2, 0.25) is 0 Å². The normalized spacial score (nSPS) is 11.7. The molecule has 0 aliphatic carbocycles.